The SMILES string of the molecule is Cc1nn(C)c(C)c1NC(=O)[C@@H](C)Oc1ccc([N+](=O)[O-])cc1Cl. The van der Waals surface area contributed by atoms with Gasteiger partial charge in [0.25, 0.3) is 11.6 Å². The van der Waals surface area contributed by atoms with Gasteiger partial charge in [-0.05, 0) is 26.8 Å². The standard InChI is InChI=1S/C15H17ClN4O4/c1-8-14(9(2)19(4)18-8)17-15(21)10(3)24-13-6-5-11(20(22)23)7-12(13)16/h5-7,10H,1-4H3,(H,17,21)/t10-/m1/s1. The van der Waals surface area contributed by atoms with E-state index in [9.17, 15) is 14.9 Å². The van der Waals surface area contributed by atoms with Gasteiger partial charge in [-0.3, -0.25) is 19.6 Å². The molecule has 9 heteroatoms. The number of rotatable bonds is 5. The second-order valence-corrected chi connectivity index (χ2v) is 5.70. The molecule has 128 valence electrons. The number of amides is 1. The third-order valence-electron chi connectivity index (χ3n) is 3.56. The Morgan fingerprint density at radius 1 is 1.46 bits per heavy atom. The van der Waals surface area contributed by atoms with Crippen LogP contribution in [0.5, 0.6) is 5.75 Å². The van der Waals surface area contributed by atoms with Crippen molar-refractivity contribution in [3.8, 4) is 5.75 Å². The zero-order valence-corrected chi connectivity index (χ0v) is 14.4. The molecule has 0 aliphatic heterocycles. The number of ether oxygens (including phenoxy) is 1. The number of nitro benzene ring substituents is 1. The number of nitrogens with zero attached hydrogens (tertiary/aromatic N) is 3. The summed E-state index contributed by atoms with van der Waals surface area (Å²) in [6.07, 6.45) is -0.844. The Hall–Kier alpha value is -2.61. The zero-order chi connectivity index (χ0) is 18.0. The van der Waals surface area contributed by atoms with Gasteiger partial charge in [0.1, 0.15) is 5.75 Å². The molecule has 2 aromatic rings. The van der Waals surface area contributed by atoms with Crippen LogP contribution in [0.25, 0.3) is 0 Å². The molecule has 24 heavy (non-hydrogen) atoms. The summed E-state index contributed by atoms with van der Waals surface area (Å²) < 4.78 is 7.18. The summed E-state index contributed by atoms with van der Waals surface area (Å²) in [6.45, 7) is 5.20. The molecule has 0 bridgehead atoms. The van der Waals surface area contributed by atoms with E-state index in [1.807, 2.05) is 6.92 Å². The normalized spacial score (nSPS) is 11.9. The number of hydrogen-bond acceptors (Lipinski definition) is 5. The minimum Gasteiger partial charge on any atom is -0.479 e. The summed E-state index contributed by atoms with van der Waals surface area (Å²) >= 11 is 5.96. The van der Waals surface area contributed by atoms with Gasteiger partial charge in [0, 0.05) is 19.2 Å². The van der Waals surface area contributed by atoms with E-state index in [-0.39, 0.29) is 22.4 Å². The smallest absolute Gasteiger partial charge is 0.271 e. The summed E-state index contributed by atoms with van der Waals surface area (Å²) in [6, 6.07) is 3.81. The van der Waals surface area contributed by atoms with Crippen LogP contribution in [0, 0.1) is 24.0 Å². The van der Waals surface area contributed by atoms with Gasteiger partial charge < -0.3 is 10.1 Å². The molecule has 0 spiro atoms. The van der Waals surface area contributed by atoms with Crippen LogP contribution in [0.15, 0.2) is 18.2 Å². The molecule has 0 unspecified atom stereocenters. The van der Waals surface area contributed by atoms with Gasteiger partial charge in [-0.25, -0.2) is 0 Å². The van der Waals surface area contributed by atoms with Crippen molar-refractivity contribution in [1.82, 2.24) is 9.78 Å². The van der Waals surface area contributed by atoms with E-state index in [4.69, 9.17) is 16.3 Å². The molecular formula is C15H17ClN4O4. The average molecular weight is 353 g/mol. The second-order valence-electron chi connectivity index (χ2n) is 5.29. The molecule has 0 radical (unpaired) electrons. The van der Waals surface area contributed by atoms with E-state index >= 15 is 0 Å². The average Bonchev–Trinajstić information content (AvgIpc) is 2.75. The lowest BCUT2D eigenvalue weighted by Gasteiger charge is -2.15. The highest BCUT2D eigenvalue weighted by Gasteiger charge is 2.20. The molecule has 1 N–H and O–H groups in total. The van der Waals surface area contributed by atoms with E-state index in [0.29, 0.717) is 11.4 Å². The van der Waals surface area contributed by atoms with Crippen molar-refractivity contribution in [2.75, 3.05) is 5.32 Å². The zero-order valence-electron chi connectivity index (χ0n) is 13.7. The van der Waals surface area contributed by atoms with Crippen molar-refractivity contribution >= 4 is 28.9 Å². The highest BCUT2D eigenvalue weighted by Crippen LogP contribution is 2.29. The number of anilines is 1. The molecule has 2 rings (SSSR count). The quantitative estimate of drug-likeness (QED) is 0.658. The molecule has 0 aliphatic carbocycles. The van der Waals surface area contributed by atoms with Crippen LogP contribution in [0.3, 0.4) is 0 Å². The van der Waals surface area contributed by atoms with E-state index in [0.717, 1.165) is 5.69 Å². The third kappa shape index (κ3) is 3.65. The van der Waals surface area contributed by atoms with Crippen LogP contribution in [0.2, 0.25) is 5.02 Å². The van der Waals surface area contributed by atoms with Crippen molar-refractivity contribution in [2.24, 2.45) is 7.05 Å². The molecule has 1 aromatic heterocycles. The fourth-order valence-corrected chi connectivity index (χ4v) is 2.34. The number of non-ortho nitro benzene ring substituents is 1. The molecule has 1 aromatic carbocycles. The van der Waals surface area contributed by atoms with Crippen LogP contribution in [0.1, 0.15) is 18.3 Å². The lowest BCUT2D eigenvalue weighted by molar-refractivity contribution is -0.384. The van der Waals surface area contributed by atoms with Crippen molar-refractivity contribution < 1.29 is 14.5 Å². The van der Waals surface area contributed by atoms with Crippen molar-refractivity contribution in [1.29, 1.82) is 0 Å². The first-order valence-corrected chi connectivity index (χ1v) is 7.50. The molecule has 1 heterocycles. The van der Waals surface area contributed by atoms with Crippen LogP contribution in [-0.2, 0) is 11.8 Å². The Morgan fingerprint density at radius 3 is 2.62 bits per heavy atom. The van der Waals surface area contributed by atoms with E-state index in [1.165, 1.54) is 18.2 Å². The predicted molar refractivity (Wildman–Crippen MR) is 89.5 cm³/mol. The summed E-state index contributed by atoms with van der Waals surface area (Å²) in [5, 5.41) is 17.8. The van der Waals surface area contributed by atoms with Crippen LogP contribution in [0.4, 0.5) is 11.4 Å². The molecule has 8 nitrogen and oxygen atoms in total. The van der Waals surface area contributed by atoms with E-state index < -0.39 is 11.0 Å². The minimum atomic E-state index is -0.844. The topological polar surface area (TPSA) is 99.3 Å². The largest absolute Gasteiger partial charge is 0.479 e. The fourth-order valence-electron chi connectivity index (χ4n) is 2.12. The summed E-state index contributed by atoms with van der Waals surface area (Å²) in [5.41, 5.74) is 2.00. The van der Waals surface area contributed by atoms with Crippen LogP contribution < -0.4 is 10.1 Å². The lowest BCUT2D eigenvalue weighted by Crippen LogP contribution is -2.30. The number of halogens is 1. The Labute approximate surface area is 143 Å². The third-order valence-corrected chi connectivity index (χ3v) is 3.85. The Balaban J connectivity index is 2.10. The Kier molecular flexibility index (Phi) is 5.08. The molecule has 0 saturated carbocycles. The number of aryl methyl sites for hydroxylation is 2. The summed E-state index contributed by atoms with van der Waals surface area (Å²) in [7, 11) is 1.79. The highest BCUT2D eigenvalue weighted by molar-refractivity contribution is 6.32. The number of nitrogens with one attached hydrogen (secondary N) is 1. The van der Waals surface area contributed by atoms with Gasteiger partial charge in [-0.2, -0.15) is 5.10 Å². The highest BCUT2D eigenvalue weighted by atomic mass is 35.5. The first-order chi connectivity index (χ1) is 11.2. The summed E-state index contributed by atoms with van der Waals surface area (Å²) in [5.74, 6) is -0.173. The van der Waals surface area contributed by atoms with Crippen LogP contribution >= 0.6 is 11.6 Å². The van der Waals surface area contributed by atoms with Gasteiger partial charge in [-0.15, -0.1) is 0 Å². The number of carbonyl (C=O) groups excluding carboxylic acids is 1. The Morgan fingerprint density at radius 2 is 2.12 bits per heavy atom. The second kappa shape index (κ2) is 6.88. The van der Waals surface area contributed by atoms with Crippen molar-refractivity contribution in [3.63, 3.8) is 0 Å². The molecule has 0 aliphatic rings. The van der Waals surface area contributed by atoms with Gasteiger partial charge >= 0.3 is 0 Å². The number of hydrogen-bond donors (Lipinski definition) is 1. The number of nitro groups is 1. The maximum absolute atomic E-state index is 12.3. The lowest BCUT2D eigenvalue weighted by atomic mass is 10.2. The first kappa shape index (κ1) is 17.7. The van der Waals surface area contributed by atoms with Gasteiger partial charge in [0.15, 0.2) is 6.10 Å². The minimum absolute atomic E-state index is 0.0672. The monoisotopic (exact) mass is 352 g/mol. The number of aromatic nitrogens is 2. The molecule has 0 saturated heterocycles. The fraction of sp³-hybridized carbons (Fsp3) is 0.333. The van der Waals surface area contributed by atoms with Crippen molar-refractivity contribution in [3.05, 3.63) is 44.7 Å². The number of carbonyl (C=O) groups is 1. The van der Waals surface area contributed by atoms with E-state index in [2.05, 4.69) is 10.4 Å². The maximum atomic E-state index is 12.3. The maximum Gasteiger partial charge on any atom is 0.271 e. The van der Waals surface area contributed by atoms with E-state index in [1.54, 1.807) is 25.6 Å². The van der Waals surface area contributed by atoms with Gasteiger partial charge in [0.05, 0.1) is 27.0 Å². The van der Waals surface area contributed by atoms with Gasteiger partial charge in [0.2, 0.25) is 0 Å². The summed E-state index contributed by atoms with van der Waals surface area (Å²) in [4.78, 5) is 22.4. The first-order valence-electron chi connectivity index (χ1n) is 7.12. The van der Waals surface area contributed by atoms with Crippen LogP contribution in [-0.4, -0.2) is 26.7 Å². The number of benzene rings is 1. The molecule has 0 fully saturated rings. The Bertz CT molecular complexity index is 803. The van der Waals surface area contributed by atoms with Crippen molar-refractivity contribution in [2.45, 2.75) is 26.9 Å². The molecule has 1 amide bonds. The molecular weight excluding hydrogens is 336 g/mol. The predicted octanol–water partition coefficient (Wildman–Crippen LogP) is 3.00. The van der Waals surface area contributed by atoms with Gasteiger partial charge in [-0.1, -0.05) is 11.6 Å². The molecule has 1 atom stereocenters.